The van der Waals surface area contributed by atoms with E-state index < -0.39 is 0 Å². The van der Waals surface area contributed by atoms with Crippen LogP contribution in [0.15, 0.2) is 48.5 Å². The van der Waals surface area contributed by atoms with Gasteiger partial charge in [-0.05, 0) is 67.9 Å². The lowest BCUT2D eigenvalue weighted by atomic mass is 10.1. The number of nitrogens with one attached hydrogen (secondary N) is 1. The highest BCUT2D eigenvalue weighted by atomic mass is 16.5. The summed E-state index contributed by atoms with van der Waals surface area (Å²) in [5.74, 6) is 0.698. The topological polar surface area (TPSA) is 44.8 Å². The number of ether oxygens (including phenoxy) is 1. The molecule has 29 heavy (non-hydrogen) atoms. The predicted octanol–water partition coefficient (Wildman–Crippen LogP) is 4.19. The molecule has 0 saturated carbocycles. The van der Waals surface area contributed by atoms with Gasteiger partial charge in [0.2, 0.25) is 5.91 Å². The van der Waals surface area contributed by atoms with Crippen molar-refractivity contribution >= 4 is 23.4 Å². The number of rotatable bonds is 7. The fourth-order valence-corrected chi connectivity index (χ4v) is 3.59. The quantitative estimate of drug-likeness (QED) is 0.717. The van der Waals surface area contributed by atoms with Crippen LogP contribution in [0.5, 0.6) is 5.75 Å². The second kappa shape index (κ2) is 10.1. The molecular weight excluding hydrogens is 362 g/mol. The molecule has 3 rings (SSSR count). The van der Waals surface area contributed by atoms with E-state index in [9.17, 15) is 4.79 Å². The number of hydrogen-bond donors (Lipinski definition) is 1. The van der Waals surface area contributed by atoms with E-state index in [1.165, 1.54) is 11.3 Å². The van der Waals surface area contributed by atoms with Gasteiger partial charge in [0.15, 0.2) is 0 Å². The van der Waals surface area contributed by atoms with Crippen molar-refractivity contribution in [1.82, 2.24) is 4.90 Å². The number of amides is 1. The molecule has 2 aromatic carbocycles. The van der Waals surface area contributed by atoms with Crippen molar-refractivity contribution in [2.75, 3.05) is 49.5 Å². The van der Waals surface area contributed by atoms with Crippen LogP contribution in [0.1, 0.15) is 25.0 Å². The van der Waals surface area contributed by atoms with Crippen LogP contribution >= 0.6 is 0 Å². The van der Waals surface area contributed by atoms with Gasteiger partial charge in [-0.1, -0.05) is 19.1 Å². The maximum absolute atomic E-state index is 12.3. The Hall–Kier alpha value is -2.79. The zero-order valence-corrected chi connectivity index (χ0v) is 17.6. The number of anilines is 2. The van der Waals surface area contributed by atoms with Gasteiger partial charge in [-0.25, -0.2) is 0 Å². The molecular formula is C24H31N3O2. The largest absolute Gasteiger partial charge is 0.494 e. The van der Waals surface area contributed by atoms with Crippen LogP contribution in [-0.2, 0) is 4.79 Å². The fraction of sp³-hybridized carbons (Fsp3) is 0.375. The van der Waals surface area contributed by atoms with Crippen molar-refractivity contribution in [3.63, 3.8) is 0 Å². The van der Waals surface area contributed by atoms with Crippen molar-refractivity contribution < 1.29 is 9.53 Å². The van der Waals surface area contributed by atoms with Gasteiger partial charge in [-0.2, -0.15) is 0 Å². The number of likely N-dealkylation sites (N-methyl/N-ethyl adjacent to an activating group) is 1. The molecule has 5 heteroatoms. The zero-order chi connectivity index (χ0) is 20.6. The van der Waals surface area contributed by atoms with Crippen molar-refractivity contribution in [2.45, 2.75) is 20.8 Å². The molecule has 0 bridgehead atoms. The lowest BCUT2D eigenvalue weighted by molar-refractivity contribution is -0.111. The molecule has 0 aliphatic carbocycles. The molecule has 0 radical (unpaired) electrons. The minimum atomic E-state index is -0.136. The van der Waals surface area contributed by atoms with Gasteiger partial charge < -0.3 is 19.9 Å². The molecule has 0 atom stereocenters. The number of carbonyl (C=O) groups excluding carboxylic acids is 1. The normalized spacial score (nSPS) is 14.9. The van der Waals surface area contributed by atoms with Gasteiger partial charge in [-0.15, -0.1) is 0 Å². The Balaban J connectivity index is 1.57. The highest BCUT2D eigenvalue weighted by molar-refractivity contribution is 6.02. The second-order valence-corrected chi connectivity index (χ2v) is 7.25. The zero-order valence-electron chi connectivity index (χ0n) is 17.6. The molecule has 5 nitrogen and oxygen atoms in total. The molecule has 154 valence electrons. The van der Waals surface area contributed by atoms with Crippen LogP contribution in [0.3, 0.4) is 0 Å². The highest BCUT2D eigenvalue weighted by Gasteiger charge is 2.17. The first-order valence-corrected chi connectivity index (χ1v) is 10.4. The summed E-state index contributed by atoms with van der Waals surface area (Å²) in [7, 11) is 0. The summed E-state index contributed by atoms with van der Waals surface area (Å²) in [6.45, 7) is 12.3. The number of nitrogens with zero attached hydrogens (tertiary/aromatic N) is 2. The molecule has 0 unspecified atom stereocenters. The van der Waals surface area contributed by atoms with E-state index in [-0.39, 0.29) is 5.91 Å². The SMILES string of the molecule is CCOc1ccc(/C=C/C(=O)Nc2ccc(N3CCN(CC)CC3)c(C)c2)cc1. The molecule has 1 amide bonds. The number of aryl methyl sites for hydroxylation is 1. The van der Waals surface area contributed by atoms with E-state index in [0.717, 1.165) is 49.7 Å². The molecule has 2 aromatic rings. The molecule has 1 aliphatic rings. The van der Waals surface area contributed by atoms with Crippen LogP contribution < -0.4 is 15.0 Å². The van der Waals surface area contributed by atoms with Crippen molar-refractivity contribution in [3.05, 3.63) is 59.7 Å². The van der Waals surface area contributed by atoms with Gasteiger partial charge in [0, 0.05) is 43.6 Å². The molecule has 0 spiro atoms. The van der Waals surface area contributed by atoms with E-state index in [4.69, 9.17) is 4.74 Å². The van der Waals surface area contributed by atoms with E-state index in [2.05, 4.69) is 35.0 Å². The van der Waals surface area contributed by atoms with Crippen LogP contribution in [0.25, 0.3) is 6.08 Å². The molecule has 1 heterocycles. The summed E-state index contributed by atoms with van der Waals surface area (Å²) in [6.07, 6.45) is 3.36. The van der Waals surface area contributed by atoms with Gasteiger partial charge in [0.25, 0.3) is 0 Å². The lowest BCUT2D eigenvalue weighted by Crippen LogP contribution is -2.46. The monoisotopic (exact) mass is 393 g/mol. The summed E-state index contributed by atoms with van der Waals surface area (Å²) in [5, 5.41) is 2.95. The molecule has 1 fully saturated rings. The maximum atomic E-state index is 12.3. The molecule has 1 N–H and O–H groups in total. The third-order valence-corrected chi connectivity index (χ3v) is 5.24. The summed E-state index contributed by atoms with van der Waals surface area (Å²) < 4.78 is 5.43. The number of benzene rings is 2. The summed E-state index contributed by atoms with van der Waals surface area (Å²) >= 11 is 0. The second-order valence-electron chi connectivity index (χ2n) is 7.25. The van der Waals surface area contributed by atoms with Crippen molar-refractivity contribution in [1.29, 1.82) is 0 Å². The first-order chi connectivity index (χ1) is 14.1. The van der Waals surface area contributed by atoms with E-state index in [1.54, 1.807) is 12.2 Å². The van der Waals surface area contributed by atoms with Gasteiger partial charge in [0.05, 0.1) is 6.61 Å². The fourth-order valence-electron chi connectivity index (χ4n) is 3.59. The van der Waals surface area contributed by atoms with E-state index >= 15 is 0 Å². The van der Waals surface area contributed by atoms with Crippen LogP contribution in [-0.4, -0.2) is 50.1 Å². The van der Waals surface area contributed by atoms with Crippen LogP contribution in [0, 0.1) is 6.92 Å². The summed E-state index contributed by atoms with van der Waals surface area (Å²) in [6, 6.07) is 13.8. The van der Waals surface area contributed by atoms with Gasteiger partial charge in [-0.3, -0.25) is 4.79 Å². The molecule has 0 aromatic heterocycles. The first kappa shape index (κ1) is 20.9. The first-order valence-electron chi connectivity index (χ1n) is 10.4. The minimum absolute atomic E-state index is 0.136. The number of piperazine rings is 1. The average molecular weight is 394 g/mol. The Morgan fingerprint density at radius 1 is 1.07 bits per heavy atom. The highest BCUT2D eigenvalue weighted by Crippen LogP contribution is 2.25. The van der Waals surface area contributed by atoms with Gasteiger partial charge in [0.1, 0.15) is 5.75 Å². The average Bonchev–Trinajstić information content (AvgIpc) is 2.74. The smallest absolute Gasteiger partial charge is 0.248 e. The Labute approximate surface area is 174 Å². The Kier molecular flexibility index (Phi) is 7.30. The maximum Gasteiger partial charge on any atom is 0.248 e. The van der Waals surface area contributed by atoms with Gasteiger partial charge >= 0.3 is 0 Å². The van der Waals surface area contributed by atoms with E-state index in [0.29, 0.717) is 6.61 Å². The molecule has 1 aliphatic heterocycles. The Morgan fingerprint density at radius 3 is 2.41 bits per heavy atom. The van der Waals surface area contributed by atoms with Crippen molar-refractivity contribution in [2.24, 2.45) is 0 Å². The molecule has 1 saturated heterocycles. The van der Waals surface area contributed by atoms with Crippen molar-refractivity contribution in [3.8, 4) is 5.75 Å². The number of hydrogen-bond acceptors (Lipinski definition) is 4. The lowest BCUT2D eigenvalue weighted by Gasteiger charge is -2.36. The third kappa shape index (κ3) is 5.84. The summed E-state index contributed by atoms with van der Waals surface area (Å²) in [4.78, 5) is 17.2. The number of carbonyl (C=O) groups is 1. The van der Waals surface area contributed by atoms with Crippen LogP contribution in [0.2, 0.25) is 0 Å². The van der Waals surface area contributed by atoms with E-state index in [1.807, 2.05) is 43.3 Å². The Morgan fingerprint density at radius 2 is 1.79 bits per heavy atom. The third-order valence-electron chi connectivity index (χ3n) is 5.24. The minimum Gasteiger partial charge on any atom is -0.494 e. The summed E-state index contributed by atoms with van der Waals surface area (Å²) in [5.41, 5.74) is 4.22. The Bertz CT molecular complexity index is 838. The van der Waals surface area contributed by atoms with Crippen LogP contribution in [0.4, 0.5) is 11.4 Å². The predicted molar refractivity (Wildman–Crippen MR) is 121 cm³/mol. The standard InChI is InChI=1S/C24H31N3O2/c1-4-26-14-16-27(17-15-26)23-12-9-21(18-19(23)3)25-24(28)13-8-20-6-10-22(11-7-20)29-5-2/h6-13,18H,4-5,14-17H2,1-3H3,(H,25,28)/b13-8+.